The maximum atomic E-state index is 12.2. The van der Waals surface area contributed by atoms with Gasteiger partial charge in [0.05, 0.1) is 0 Å². The SMILES string of the molecule is CC(C)(C)C(=O)Nc1ccc2c(c1)-c1ccccc1C(=O)C2=O. The highest BCUT2D eigenvalue weighted by Crippen LogP contribution is 2.35. The van der Waals surface area contributed by atoms with Gasteiger partial charge in [-0.2, -0.15) is 0 Å². The second kappa shape index (κ2) is 5.16. The predicted molar refractivity (Wildman–Crippen MR) is 88.6 cm³/mol. The molecule has 2 aromatic rings. The van der Waals surface area contributed by atoms with Crippen LogP contribution in [0.25, 0.3) is 11.1 Å². The average molecular weight is 307 g/mol. The van der Waals surface area contributed by atoms with E-state index in [0.717, 1.165) is 5.56 Å². The van der Waals surface area contributed by atoms with Gasteiger partial charge < -0.3 is 5.32 Å². The highest BCUT2D eigenvalue weighted by molar-refractivity contribution is 6.53. The van der Waals surface area contributed by atoms with E-state index >= 15 is 0 Å². The zero-order chi connectivity index (χ0) is 16.8. The number of hydrogen-bond donors (Lipinski definition) is 1. The standard InChI is InChI=1S/C19H17NO3/c1-19(2,3)18(23)20-11-8-9-14-15(10-11)12-6-4-5-7-13(12)16(21)17(14)22/h4-10H,1-3H3,(H,20,23). The number of rotatable bonds is 1. The van der Waals surface area contributed by atoms with Crippen LogP contribution in [0.2, 0.25) is 0 Å². The lowest BCUT2D eigenvalue weighted by atomic mass is 9.83. The van der Waals surface area contributed by atoms with E-state index in [2.05, 4.69) is 5.32 Å². The largest absolute Gasteiger partial charge is 0.326 e. The fourth-order valence-corrected chi connectivity index (χ4v) is 2.52. The summed E-state index contributed by atoms with van der Waals surface area (Å²) in [6.45, 7) is 5.49. The van der Waals surface area contributed by atoms with E-state index in [-0.39, 0.29) is 5.91 Å². The Hall–Kier alpha value is -2.75. The lowest BCUT2D eigenvalue weighted by Crippen LogP contribution is -2.28. The quantitative estimate of drug-likeness (QED) is 0.817. The summed E-state index contributed by atoms with van der Waals surface area (Å²) in [6.07, 6.45) is 0. The predicted octanol–water partition coefficient (Wildman–Crippen LogP) is 3.72. The number of nitrogens with one attached hydrogen (secondary N) is 1. The first-order chi connectivity index (χ1) is 10.8. The highest BCUT2D eigenvalue weighted by Gasteiger charge is 2.30. The molecule has 0 bridgehead atoms. The monoisotopic (exact) mass is 307 g/mol. The Labute approximate surface area is 134 Å². The summed E-state index contributed by atoms with van der Waals surface area (Å²) in [7, 11) is 0. The van der Waals surface area contributed by atoms with Gasteiger partial charge in [0.2, 0.25) is 17.5 Å². The van der Waals surface area contributed by atoms with Gasteiger partial charge in [-0.3, -0.25) is 14.4 Å². The molecule has 3 rings (SSSR count). The van der Waals surface area contributed by atoms with Crippen LogP contribution in [0.5, 0.6) is 0 Å². The topological polar surface area (TPSA) is 63.2 Å². The third-order valence-electron chi connectivity index (χ3n) is 3.87. The smallest absolute Gasteiger partial charge is 0.234 e. The first kappa shape index (κ1) is 15.2. The second-order valence-electron chi connectivity index (χ2n) is 6.67. The van der Waals surface area contributed by atoms with Gasteiger partial charge in [-0.25, -0.2) is 0 Å². The molecule has 2 aromatic carbocycles. The Balaban J connectivity index is 2.09. The third kappa shape index (κ3) is 2.57. The van der Waals surface area contributed by atoms with Crippen molar-refractivity contribution in [1.82, 2.24) is 0 Å². The van der Waals surface area contributed by atoms with Crippen LogP contribution >= 0.6 is 0 Å². The normalized spacial score (nSPS) is 13.3. The fraction of sp³-hybridized carbons (Fsp3) is 0.211. The number of amides is 1. The number of fused-ring (bicyclic) bond motifs is 3. The van der Waals surface area contributed by atoms with Gasteiger partial charge in [0, 0.05) is 22.2 Å². The molecule has 0 radical (unpaired) electrons. The maximum absolute atomic E-state index is 12.2. The minimum atomic E-state index is -0.514. The Morgan fingerprint density at radius 2 is 1.39 bits per heavy atom. The molecule has 0 fully saturated rings. The maximum Gasteiger partial charge on any atom is 0.234 e. The Morgan fingerprint density at radius 3 is 2.00 bits per heavy atom. The summed E-state index contributed by atoms with van der Waals surface area (Å²) in [6, 6.07) is 12.0. The van der Waals surface area contributed by atoms with Crippen molar-refractivity contribution >= 4 is 23.2 Å². The average Bonchev–Trinajstić information content (AvgIpc) is 2.51. The molecular formula is C19H17NO3. The summed E-state index contributed by atoms with van der Waals surface area (Å²) in [5.41, 5.74) is 2.28. The molecule has 116 valence electrons. The van der Waals surface area contributed by atoms with Gasteiger partial charge in [-0.15, -0.1) is 0 Å². The molecule has 1 N–H and O–H groups in total. The van der Waals surface area contributed by atoms with E-state index in [4.69, 9.17) is 0 Å². The van der Waals surface area contributed by atoms with E-state index in [1.54, 1.807) is 30.3 Å². The number of Topliss-reactive ketones (excluding diaryl/α,β-unsaturated/α-hetero) is 2. The molecular weight excluding hydrogens is 290 g/mol. The minimum Gasteiger partial charge on any atom is -0.326 e. The number of anilines is 1. The summed E-state index contributed by atoms with van der Waals surface area (Å²) < 4.78 is 0. The number of carbonyl (C=O) groups excluding carboxylic acids is 3. The van der Waals surface area contributed by atoms with Gasteiger partial charge in [-0.05, 0) is 29.3 Å². The summed E-state index contributed by atoms with van der Waals surface area (Å²) in [5.74, 6) is -1.10. The first-order valence-electron chi connectivity index (χ1n) is 7.43. The molecule has 0 heterocycles. The van der Waals surface area contributed by atoms with Crippen LogP contribution in [0.3, 0.4) is 0 Å². The number of benzene rings is 2. The number of ketones is 2. The van der Waals surface area contributed by atoms with E-state index in [1.165, 1.54) is 0 Å². The van der Waals surface area contributed by atoms with Crippen molar-refractivity contribution in [1.29, 1.82) is 0 Å². The third-order valence-corrected chi connectivity index (χ3v) is 3.87. The molecule has 23 heavy (non-hydrogen) atoms. The van der Waals surface area contributed by atoms with Crippen LogP contribution in [0.15, 0.2) is 42.5 Å². The molecule has 0 saturated heterocycles. The fourth-order valence-electron chi connectivity index (χ4n) is 2.52. The summed E-state index contributed by atoms with van der Waals surface area (Å²) >= 11 is 0. The first-order valence-corrected chi connectivity index (χ1v) is 7.43. The number of carbonyl (C=O) groups is 3. The number of hydrogen-bond acceptors (Lipinski definition) is 3. The van der Waals surface area contributed by atoms with Gasteiger partial charge in [-0.1, -0.05) is 45.0 Å². The Kier molecular flexibility index (Phi) is 3.40. The Bertz CT molecular complexity index is 844. The van der Waals surface area contributed by atoms with Crippen LogP contribution in [0, 0.1) is 5.41 Å². The summed E-state index contributed by atoms with van der Waals surface area (Å²) in [5, 5.41) is 2.85. The van der Waals surface area contributed by atoms with E-state index in [9.17, 15) is 14.4 Å². The van der Waals surface area contributed by atoms with E-state index < -0.39 is 17.0 Å². The molecule has 0 unspecified atom stereocenters. The Morgan fingerprint density at radius 1 is 0.826 bits per heavy atom. The lowest BCUT2D eigenvalue weighted by Gasteiger charge is -2.21. The molecule has 0 aromatic heterocycles. The molecule has 1 aliphatic carbocycles. The molecule has 4 nitrogen and oxygen atoms in total. The second-order valence-corrected chi connectivity index (χ2v) is 6.67. The zero-order valence-corrected chi connectivity index (χ0v) is 13.3. The van der Waals surface area contributed by atoms with E-state index in [0.29, 0.717) is 22.4 Å². The van der Waals surface area contributed by atoms with Gasteiger partial charge in [0.15, 0.2) is 0 Å². The molecule has 1 aliphatic rings. The molecule has 0 saturated carbocycles. The van der Waals surface area contributed by atoms with Crippen LogP contribution < -0.4 is 5.32 Å². The van der Waals surface area contributed by atoms with Crippen molar-refractivity contribution < 1.29 is 14.4 Å². The van der Waals surface area contributed by atoms with Gasteiger partial charge >= 0.3 is 0 Å². The van der Waals surface area contributed by atoms with Crippen LogP contribution in [0.1, 0.15) is 41.5 Å². The molecule has 1 amide bonds. The molecule has 0 atom stereocenters. The van der Waals surface area contributed by atoms with Crippen LogP contribution in [0.4, 0.5) is 5.69 Å². The van der Waals surface area contributed by atoms with Crippen molar-refractivity contribution in [2.75, 3.05) is 5.32 Å². The molecule has 0 aliphatic heterocycles. The lowest BCUT2D eigenvalue weighted by molar-refractivity contribution is -0.123. The zero-order valence-electron chi connectivity index (χ0n) is 13.3. The molecule has 4 heteroatoms. The van der Waals surface area contributed by atoms with Gasteiger partial charge in [0.1, 0.15) is 0 Å². The van der Waals surface area contributed by atoms with Gasteiger partial charge in [0.25, 0.3) is 0 Å². The van der Waals surface area contributed by atoms with Crippen molar-refractivity contribution in [3.8, 4) is 11.1 Å². The van der Waals surface area contributed by atoms with Crippen molar-refractivity contribution in [3.63, 3.8) is 0 Å². The van der Waals surface area contributed by atoms with Crippen molar-refractivity contribution in [3.05, 3.63) is 53.6 Å². The van der Waals surface area contributed by atoms with Crippen LogP contribution in [-0.2, 0) is 4.79 Å². The van der Waals surface area contributed by atoms with Crippen LogP contribution in [-0.4, -0.2) is 17.5 Å². The minimum absolute atomic E-state index is 0.107. The van der Waals surface area contributed by atoms with E-state index in [1.807, 2.05) is 32.9 Å². The summed E-state index contributed by atoms with van der Waals surface area (Å²) in [4.78, 5) is 36.5. The molecule has 0 spiro atoms. The van der Waals surface area contributed by atoms with Crippen molar-refractivity contribution in [2.45, 2.75) is 20.8 Å². The van der Waals surface area contributed by atoms with Crippen molar-refractivity contribution in [2.24, 2.45) is 5.41 Å². The highest BCUT2D eigenvalue weighted by atomic mass is 16.2.